The number of hydrogen-bond acceptors (Lipinski definition) is 3. The minimum atomic E-state index is 0.781. The molecule has 2 aromatic heterocycles. The lowest BCUT2D eigenvalue weighted by atomic mass is 10.3. The molecule has 0 amide bonds. The van der Waals surface area contributed by atoms with E-state index in [0.29, 0.717) is 0 Å². The van der Waals surface area contributed by atoms with Crippen molar-refractivity contribution in [1.82, 2.24) is 19.7 Å². The second-order valence-corrected chi connectivity index (χ2v) is 4.08. The van der Waals surface area contributed by atoms with Gasteiger partial charge in [0.05, 0.1) is 0 Å². The molecular weight excluding hydrogens is 268 g/mol. The van der Waals surface area contributed by atoms with Gasteiger partial charge in [0.25, 0.3) is 0 Å². The zero-order chi connectivity index (χ0) is 11.4. The summed E-state index contributed by atoms with van der Waals surface area (Å²) in [6.45, 7) is 4.52. The van der Waals surface area contributed by atoms with E-state index in [1.165, 1.54) is 0 Å². The van der Waals surface area contributed by atoms with Crippen LogP contribution in [0.2, 0.25) is 0 Å². The van der Waals surface area contributed by atoms with Crippen LogP contribution in [0.4, 0.5) is 0 Å². The van der Waals surface area contributed by atoms with Crippen molar-refractivity contribution in [2.45, 2.75) is 13.0 Å². The molecule has 0 aliphatic heterocycles. The number of nitrogens with zero attached hydrogens (tertiary/aromatic N) is 4. The maximum absolute atomic E-state index is 4.35. The van der Waals surface area contributed by atoms with Gasteiger partial charge in [-0.25, -0.2) is 4.98 Å². The van der Waals surface area contributed by atoms with Crippen molar-refractivity contribution >= 4 is 15.9 Å². The lowest BCUT2D eigenvalue weighted by Crippen LogP contribution is -1.99. The van der Waals surface area contributed by atoms with Gasteiger partial charge < -0.3 is 4.57 Å². The largest absolute Gasteiger partial charge is 0.312 e. The summed E-state index contributed by atoms with van der Waals surface area (Å²) in [5, 5.41) is 7.98. The lowest BCUT2D eigenvalue weighted by molar-refractivity contribution is 0.712. The molecule has 0 N–H and O–H groups in total. The third kappa shape index (κ3) is 2.36. The van der Waals surface area contributed by atoms with Crippen LogP contribution in [-0.2, 0) is 6.54 Å². The van der Waals surface area contributed by atoms with Crippen molar-refractivity contribution < 1.29 is 0 Å². The topological polar surface area (TPSA) is 43.6 Å². The number of allylic oxidation sites excluding steroid dienone is 1. The average molecular weight is 279 g/mol. The maximum atomic E-state index is 4.35. The second kappa shape index (κ2) is 5.03. The van der Waals surface area contributed by atoms with Crippen LogP contribution < -0.4 is 0 Å². The molecule has 0 atom stereocenters. The van der Waals surface area contributed by atoms with E-state index in [1.54, 1.807) is 6.33 Å². The van der Waals surface area contributed by atoms with Crippen LogP contribution in [0.15, 0.2) is 41.8 Å². The van der Waals surface area contributed by atoms with Gasteiger partial charge in [-0.15, -0.1) is 16.8 Å². The Kier molecular flexibility index (Phi) is 3.46. The molecule has 0 aliphatic carbocycles. The number of aryl methyl sites for hydroxylation is 1. The molecule has 0 spiro atoms. The molecule has 0 unspecified atom stereocenters. The Hall–Kier alpha value is -1.49. The van der Waals surface area contributed by atoms with E-state index in [2.05, 4.69) is 37.7 Å². The van der Waals surface area contributed by atoms with E-state index in [0.717, 1.165) is 29.1 Å². The summed E-state index contributed by atoms with van der Waals surface area (Å²) in [5.74, 6) is 0.781. The normalized spacial score (nSPS) is 10.3. The molecule has 4 nitrogen and oxygen atoms in total. The summed E-state index contributed by atoms with van der Waals surface area (Å²) in [5.41, 5.74) is 0.816. The number of hydrogen-bond donors (Lipinski definition) is 0. The Morgan fingerprint density at radius 2 is 2.31 bits per heavy atom. The summed E-state index contributed by atoms with van der Waals surface area (Å²) in [6.07, 6.45) is 4.47. The van der Waals surface area contributed by atoms with Gasteiger partial charge in [-0.1, -0.05) is 12.1 Å². The lowest BCUT2D eigenvalue weighted by Gasteiger charge is -2.04. The predicted molar refractivity (Wildman–Crippen MR) is 65.8 cm³/mol. The Labute approximate surface area is 102 Å². The zero-order valence-electron chi connectivity index (χ0n) is 8.67. The van der Waals surface area contributed by atoms with Crippen molar-refractivity contribution in [3.63, 3.8) is 0 Å². The Morgan fingerprint density at radius 3 is 3.06 bits per heavy atom. The third-order valence-corrected chi connectivity index (χ3v) is 2.58. The van der Waals surface area contributed by atoms with Crippen LogP contribution in [0.25, 0.3) is 11.5 Å². The van der Waals surface area contributed by atoms with Crippen molar-refractivity contribution in [2.75, 3.05) is 0 Å². The first-order valence-corrected chi connectivity index (χ1v) is 5.72. The molecule has 0 aliphatic rings. The Balaban J connectivity index is 2.32. The standard InChI is InChI=1S/C11H11BrN4/c1-2-3-7-16-8-13-15-11(16)9-5-4-6-10(12)14-9/h2,4-6,8H,1,3,7H2. The number of aromatic nitrogens is 4. The fraction of sp³-hybridized carbons (Fsp3) is 0.182. The maximum Gasteiger partial charge on any atom is 0.182 e. The van der Waals surface area contributed by atoms with Gasteiger partial charge in [0.1, 0.15) is 16.6 Å². The zero-order valence-corrected chi connectivity index (χ0v) is 10.3. The highest BCUT2D eigenvalue weighted by Crippen LogP contribution is 2.16. The van der Waals surface area contributed by atoms with Crippen LogP contribution in [0.3, 0.4) is 0 Å². The average Bonchev–Trinajstić information content (AvgIpc) is 2.74. The van der Waals surface area contributed by atoms with Gasteiger partial charge >= 0.3 is 0 Å². The highest BCUT2D eigenvalue weighted by molar-refractivity contribution is 9.10. The van der Waals surface area contributed by atoms with Crippen LogP contribution in [-0.4, -0.2) is 19.7 Å². The van der Waals surface area contributed by atoms with E-state index in [9.17, 15) is 0 Å². The van der Waals surface area contributed by atoms with Gasteiger partial charge in [-0.2, -0.15) is 0 Å². The van der Waals surface area contributed by atoms with Gasteiger partial charge in [0, 0.05) is 6.54 Å². The number of rotatable bonds is 4. The second-order valence-electron chi connectivity index (χ2n) is 3.27. The molecule has 2 aromatic rings. The molecule has 0 bridgehead atoms. The smallest absolute Gasteiger partial charge is 0.182 e. The quantitative estimate of drug-likeness (QED) is 0.638. The molecular formula is C11H11BrN4. The fourth-order valence-corrected chi connectivity index (χ4v) is 1.72. The van der Waals surface area contributed by atoms with Crippen molar-refractivity contribution in [1.29, 1.82) is 0 Å². The predicted octanol–water partition coefficient (Wildman–Crippen LogP) is 2.68. The minimum Gasteiger partial charge on any atom is -0.312 e. The first-order chi connectivity index (χ1) is 7.81. The van der Waals surface area contributed by atoms with Gasteiger partial charge in [0.2, 0.25) is 0 Å². The SMILES string of the molecule is C=CCCn1cnnc1-c1cccc(Br)n1. The number of halogens is 1. The van der Waals surface area contributed by atoms with E-state index in [4.69, 9.17) is 0 Å². The first kappa shape index (κ1) is 11.0. The van der Waals surface area contributed by atoms with Gasteiger partial charge in [0.15, 0.2) is 5.82 Å². The minimum absolute atomic E-state index is 0.781. The van der Waals surface area contributed by atoms with Gasteiger partial charge in [-0.05, 0) is 34.5 Å². The first-order valence-electron chi connectivity index (χ1n) is 4.93. The number of pyridine rings is 1. The van der Waals surface area contributed by atoms with Crippen molar-refractivity contribution in [3.8, 4) is 11.5 Å². The van der Waals surface area contributed by atoms with Crippen LogP contribution in [0.1, 0.15) is 6.42 Å². The highest BCUT2D eigenvalue weighted by atomic mass is 79.9. The monoisotopic (exact) mass is 278 g/mol. The molecule has 5 heteroatoms. The molecule has 0 radical (unpaired) electrons. The Bertz CT molecular complexity index is 492. The molecule has 0 aromatic carbocycles. The fourth-order valence-electron chi connectivity index (χ4n) is 1.38. The highest BCUT2D eigenvalue weighted by Gasteiger charge is 2.07. The van der Waals surface area contributed by atoms with Crippen LogP contribution >= 0.6 is 15.9 Å². The van der Waals surface area contributed by atoms with Gasteiger partial charge in [-0.3, -0.25) is 0 Å². The summed E-state index contributed by atoms with van der Waals surface area (Å²) >= 11 is 3.34. The Morgan fingerprint density at radius 1 is 1.44 bits per heavy atom. The molecule has 0 fully saturated rings. The molecule has 16 heavy (non-hydrogen) atoms. The summed E-state index contributed by atoms with van der Waals surface area (Å²) in [6, 6.07) is 5.73. The van der Waals surface area contributed by atoms with E-state index in [1.807, 2.05) is 28.8 Å². The van der Waals surface area contributed by atoms with E-state index >= 15 is 0 Å². The van der Waals surface area contributed by atoms with Crippen LogP contribution in [0, 0.1) is 0 Å². The van der Waals surface area contributed by atoms with Crippen molar-refractivity contribution in [3.05, 3.63) is 41.8 Å². The van der Waals surface area contributed by atoms with E-state index < -0.39 is 0 Å². The summed E-state index contributed by atoms with van der Waals surface area (Å²) in [4.78, 5) is 4.35. The summed E-state index contributed by atoms with van der Waals surface area (Å²) in [7, 11) is 0. The summed E-state index contributed by atoms with van der Waals surface area (Å²) < 4.78 is 2.76. The molecule has 0 saturated heterocycles. The molecule has 2 rings (SSSR count). The van der Waals surface area contributed by atoms with Crippen LogP contribution in [0.5, 0.6) is 0 Å². The van der Waals surface area contributed by atoms with Crippen molar-refractivity contribution in [2.24, 2.45) is 0 Å². The molecule has 82 valence electrons. The molecule has 0 saturated carbocycles. The van der Waals surface area contributed by atoms with E-state index in [-0.39, 0.29) is 0 Å². The third-order valence-electron chi connectivity index (χ3n) is 2.13. The molecule has 2 heterocycles.